The number of thioether (sulfide) groups is 1. The highest BCUT2D eigenvalue weighted by Gasteiger charge is 2.32. The van der Waals surface area contributed by atoms with E-state index in [1.807, 2.05) is 42.1 Å². The van der Waals surface area contributed by atoms with Gasteiger partial charge in [-0.1, -0.05) is 42.5 Å². The van der Waals surface area contributed by atoms with Crippen molar-refractivity contribution in [1.82, 2.24) is 0 Å². The highest BCUT2D eigenvalue weighted by atomic mass is 32.2. The molecule has 0 saturated carbocycles. The maximum atomic E-state index is 5.95. The van der Waals surface area contributed by atoms with Gasteiger partial charge < -0.3 is 9.47 Å². The zero-order valence-electron chi connectivity index (χ0n) is 8.91. The van der Waals surface area contributed by atoms with Gasteiger partial charge in [0, 0.05) is 11.3 Å². The summed E-state index contributed by atoms with van der Waals surface area (Å²) in [7, 11) is 0. The number of ether oxygens (including phenoxy) is 2. The molecule has 1 fully saturated rings. The summed E-state index contributed by atoms with van der Waals surface area (Å²) in [4.78, 5) is 0. The van der Waals surface area contributed by atoms with Crippen molar-refractivity contribution in [2.75, 3.05) is 12.4 Å². The maximum Gasteiger partial charge on any atom is 0.184 e. The second-order valence-corrected chi connectivity index (χ2v) is 5.25. The molecule has 3 atom stereocenters. The van der Waals surface area contributed by atoms with Crippen LogP contribution in [0.1, 0.15) is 11.9 Å². The molecule has 1 aromatic carbocycles. The van der Waals surface area contributed by atoms with Crippen LogP contribution >= 0.6 is 11.8 Å². The van der Waals surface area contributed by atoms with Crippen LogP contribution in [0.25, 0.3) is 0 Å². The van der Waals surface area contributed by atoms with Gasteiger partial charge in [-0.2, -0.15) is 0 Å². The Kier molecular flexibility index (Phi) is 3.00. The lowest BCUT2D eigenvalue weighted by atomic mass is 10.1. The van der Waals surface area contributed by atoms with Gasteiger partial charge in [-0.05, 0) is 0 Å². The van der Waals surface area contributed by atoms with E-state index in [1.54, 1.807) is 0 Å². The first-order valence-corrected chi connectivity index (χ1v) is 6.58. The van der Waals surface area contributed by atoms with Crippen LogP contribution in [0.15, 0.2) is 42.5 Å². The molecule has 16 heavy (non-hydrogen) atoms. The van der Waals surface area contributed by atoms with Crippen molar-refractivity contribution in [2.45, 2.75) is 17.6 Å². The second-order valence-electron chi connectivity index (χ2n) is 3.98. The van der Waals surface area contributed by atoms with Gasteiger partial charge in [-0.3, -0.25) is 0 Å². The summed E-state index contributed by atoms with van der Waals surface area (Å²) in [6.07, 6.45) is 4.35. The van der Waals surface area contributed by atoms with Gasteiger partial charge in [0.15, 0.2) is 6.29 Å². The second kappa shape index (κ2) is 4.62. The Morgan fingerprint density at radius 2 is 2.06 bits per heavy atom. The van der Waals surface area contributed by atoms with Crippen LogP contribution in [-0.4, -0.2) is 23.7 Å². The topological polar surface area (TPSA) is 18.5 Å². The van der Waals surface area contributed by atoms with Crippen LogP contribution in [0, 0.1) is 0 Å². The predicted octanol–water partition coefficient (Wildman–Crippen LogP) is 2.77. The Bertz CT molecular complexity index is 377. The first-order chi connectivity index (χ1) is 7.93. The van der Waals surface area contributed by atoms with Crippen molar-refractivity contribution in [3.63, 3.8) is 0 Å². The predicted molar refractivity (Wildman–Crippen MR) is 65.4 cm³/mol. The van der Waals surface area contributed by atoms with Crippen LogP contribution in [0.2, 0.25) is 0 Å². The van der Waals surface area contributed by atoms with E-state index in [1.165, 1.54) is 0 Å². The summed E-state index contributed by atoms with van der Waals surface area (Å²) in [5.41, 5.74) is 1.10. The molecule has 2 nitrogen and oxygen atoms in total. The fourth-order valence-corrected chi connectivity index (χ4v) is 3.00. The summed E-state index contributed by atoms with van der Waals surface area (Å²) in [5, 5.41) is 0.463. The van der Waals surface area contributed by atoms with Crippen molar-refractivity contribution >= 4 is 11.8 Å². The molecule has 0 unspecified atom stereocenters. The quantitative estimate of drug-likeness (QED) is 0.696. The van der Waals surface area contributed by atoms with Gasteiger partial charge in [0.2, 0.25) is 0 Å². The van der Waals surface area contributed by atoms with Gasteiger partial charge in [-0.15, -0.1) is 11.8 Å². The number of hydrogen-bond acceptors (Lipinski definition) is 3. The highest BCUT2D eigenvalue weighted by molar-refractivity contribution is 8.00. The van der Waals surface area contributed by atoms with Crippen molar-refractivity contribution < 1.29 is 9.47 Å². The Labute approximate surface area is 99.6 Å². The summed E-state index contributed by atoms with van der Waals surface area (Å²) < 4.78 is 11.7. The monoisotopic (exact) mass is 234 g/mol. The third-order valence-electron chi connectivity index (χ3n) is 2.86. The molecule has 1 saturated heterocycles. The van der Waals surface area contributed by atoms with Crippen LogP contribution in [0.4, 0.5) is 0 Å². The van der Waals surface area contributed by atoms with E-state index in [4.69, 9.17) is 9.47 Å². The zero-order chi connectivity index (χ0) is 10.8. The lowest BCUT2D eigenvalue weighted by Crippen LogP contribution is -2.38. The minimum absolute atomic E-state index is 0.203. The molecule has 2 aliphatic rings. The molecule has 0 aliphatic carbocycles. The number of fused-ring (bicyclic) bond motifs is 1. The molecule has 0 radical (unpaired) electrons. The lowest BCUT2D eigenvalue weighted by molar-refractivity contribution is -0.201. The van der Waals surface area contributed by atoms with E-state index >= 15 is 0 Å². The molecular weight excluding hydrogens is 220 g/mol. The minimum Gasteiger partial charge on any atom is -0.347 e. The van der Waals surface area contributed by atoms with E-state index in [0.29, 0.717) is 5.25 Å². The van der Waals surface area contributed by atoms with E-state index in [2.05, 4.69) is 12.2 Å². The fraction of sp³-hybridized carbons (Fsp3) is 0.385. The molecule has 3 rings (SSSR count). The SMILES string of the molecule is C1=C[C@H]2O[C@@H](c3ccccc3)OC[C@H]2SC1. The molecule has 2 heterocycles. The highest BCUT2D eigenvalue weighted by Crippen LogP contribution is 2.34. The summed E-state index contributed by atoms with van der Waals surface area (Å²) in [5.74, 6) is 1.07. The lowest BCUT2D eigenvalue weighted by Gasteiger charge is -2.36. The molecular formula is C13H14O2S. The van der Waals surface area contributed by atoms with Gasteiger partial charge >= 0.3 is 0 Å². The van der Waals surface area contributed by atoms with Crippen molar-refractivity contribution in [3.8, 4) is 0 Å². The standard InChI is InChI=1S/C13H14O2S/c1-2-5-10(6-3-1)13-14-9-12-11(15-13)7-4-8-16-12/h1-7,11-13H,8-9H2/t11-,12-,13+/m1/s1. The average Bonchev–Trinajstić information content (AvgIpc) is 2.39. The third kappa shape index (κ3) is 2.03. The first-order valence-electron chi connectivity index (χ1n) is 5.54. The van der Waals surface area contributed by atoms with E-state index in [-0.39, 0.29) is 12.4 Å². The largest absolute Gasteiger partial charge is 0.347 e. The van der Waals surface area contributed by atoms with Crippen molar-refractivity contribution in [2.24, 2.45) is 0 Å². The molecule has 0 amide bonds. The zero-order valence-corrected chi connectivity index (χ0v) is 9.73. The summed E-state index contributed by atoms with van der Waals surface area (Å²) in [6, 6.07) is 10.1. The van der Waals surface area contributed by atoms with Gasteiger partial charge in [0.1, 0.15) is 0 Å². The van der Waals surface area contributed by atoms with E-state index < -0.39 is 0 Å². The van der Waals surface area contributed by atoms with Crippen LogP contribution in [-0.2, 0) is 9.47 Å². The molecule has 84 valence electrons. The molecule has 0 spiro atoms. The Morgan fingerprint density at radius 3 is 2.94 bits per heavy atom. The molecule has 3 heteroatoms. The van der Waals surface area contributed by atoms with Crippen LogP contribution in [0.5, 0.6) is 0 Å². The van der Waals surface area contributed by atoms with E-state index in [9.17, 15) is 0 Å². The minimum atomic E-state index is -0.203. The molecule has 0 aromatic heterocycles. The van der Waals surface area contributed by atoms with Gasteiger partial charge in [-0.25, -0.2) is 0 Å². The number of hydrogen-bond donors (Lipinski definition) is 0. The molecule has 0 N–H and O–H groups in total. The van der Waals surface area contributed by atoms with Crippen LogP contribution < -0.4 is 0 Å². The summed E-state index contributed by atoms with van der Waals surface area (Å²) in [6.45, 7) is 0.777. The summed E-state index contributed by atoms with van der Waals surface area (Å²) >= 11 is 1.91. The molecule has 2 aliphatic heterocycles. The van der Waals surface area contributed by atoms with Crippen molar-refractivity contribution in [1.29, 1.82) is 0 Å². The molecule has 1 aromatic rings. The first kappa shape index (κ1) is 10.4. The normalized spacial score (nSPS) is 33.4. The smallest absolute Gasteiger partial charge is 0.184 e. The number of benzene rings is 1. The number of rotatable bonds is 1. The molecule has 0 bridgehead atoms. The van der Waals surface area contributed by atoms with Gasteiger partial charge in [0.05, 0.1) is 18.0 Å². The Hall–Kier alpha value is -0.770. The fourth-order valence-electron chi connectivity index (χ4n) is 2.01. The average molecular weight is 234 g/mol. The van der Waals surface area contributed by atoms with Crippen LogP contribution in [0.3, 0.4) is 0 Å². The third-order valence-corrected chi connectivity index (χ3v) is 4.08. The van der Waals surface area contributed by atoms with Crippen molar-refractivity contribution in [3.05, 3.63) is 48.0 Å². The maximum absolute atomic E-state index is 5.95. The van der Waals surface area contributed by atoms with E-state index in [0.717, 1.165) is 17.9 Å². The Balaban J connectivity index is 1.75. The van der Waals surface area contributed by atoms with Gasteiger partial charge in [0.25, 0.3) is 0 Å². The Morgan fingerprint density at radius 1 is 1.19 bits per heavy atom.